The van der Waals surface area contributed by atoms with Crippen LogP contribution in [0.5, 0.6) is 0 Å². The lowest BCUT2D eigenvalue weighted by atomic mass is 10.2. The monoisotopic (exact) mass is 430 g/mol. The molecule has 0 aliphatic heterocycles. The fourth-order valence-corrected chi connectivity index (χ4v) is 3.70. The molecule has 0 radical (unpaired) electrons. The van der Waals surface area contributed by atoms with Gasteiger partial charge in [0.1, 0.15) is 0 Å². The Labute approximate surface area is 186 Å². The lowest BCUT2D eigenvalue weighted by Gasteiger charge is -2.10. The fourth-order valence-electron chi connectivity index (χ4n) is 3.53. The zero-order chi connectivity index (χ0) is 22.0. The number of halogens is 1. The van der Waals surface area contributed by atoms with Crippen molar-refractivity contribution in [2.45, 2.75) is 20.8 Å². The van der Waals surface area contributed by atoms with Gasteiger partial charge >= 0.3 is 0 Å². The van der Waals surface area contributed by atoms with Gasteiger partial charge in [-0.25, -0.2) is 5.43 Å². The molecule has 4 rings (SSSR count). The number of nitrogens with zero attached hydrogens (tertiary/aromatic N) is 3. The topological polar surface area (TPSA) is 51.3 Å². The van der Waals surface area contributed by atoms with E-state index in [1.807, 2.05) is 60.2 Å². The van der Waals surface area contributed by atoms with Gasteiger partial charge in [0, 0.05) is 39.5 Å². The summed E-state index contributed by atoms with van der Waals surface area (Å²) in [6, 6.07) is 21.3. The molecule has 0 saturated heterocycles. The molecule has 31 heavy (non-hydrogen) atoms. The number of hydrogen-bond donors (Lipinski definition) is 1. The van der Waals surface area contributed by atoms with E-state index in [1.54, 1.807) is 18.3 Å². The lowest BCUT2D eigenvalue weighted by Crippen LogP contribution is -2.18. The normalized spacial score (nSPS) is 11.2. The summed E-state index contributed by atoms with van der Waals surface area (Å²) in [6.07, 6.45) is 3.54. The van der Waals surface area contributed by atoms with Gasteiger partial charge in [-0.3, -0.25) is 4.79 Å². The van der Waals surface area contributed by atoms with Crippen molar-refractivity contribution in [3.63, 3.8) is 0 Å². The SMILES string of the molecule is Cc1ccc(-n2cccc2/C=N\NC(=O)c2ccc(-n3c(C)ccc3C)cc2)cc1Cl. The molecule has 2 aromatic heterocycles. The van der Waals surface area contributed by atoms with Crippen LogP contribution in [0.1, 0.15) is 33.0 Å². The van der Waals surface area contributed by atoms with Crippen LogP contribution >= 0.6 is 11.6 Å². The predicted octanol–water partition coefficient (Wildman–Crippen LogP) is 5.61. The Kier molecular flexibility index (Phi) is 5.78. The second-order valence-electron chi connectivity index (χ2n) is 7.43. The summed E-state index contributed by atoms with van der Waals surface area (Å²) < 4.78 is 4.10. The third-order valence-corrected chi connectivity index (χ3v) is 5.64. The van der Waals surface area contributed by atoms with Crippen LogP contribution in [0.15, 0.2) is 78.0 Å². The van der Waals surface area contributed by atoms with Crippen molar-refractivity contribution in [1.29, 1.82) is 0 Å². The highest BCUT2D eigenvalue weighted by atomic mass is 35.5. The van der Waals surface area contributed by atoms with Gasteiger partial charge in [0.2, 0.25) is 0 Å². The zero-order valence-corrected chi connectivity index (χ0v) is 18.4. The number of aryl methyl sites for hydroxylation is 3. The number of rotatable bonds is 5. The Balaban J connectivity index is 1.46. The van der Waals surface area contributed by atoms with E-state index in [2.05, 4.69) is 41.1 Å². The maximum absolute atomic E-state index is 12.5. The van der Waals surface area contributed by atoms with E-state index in [9.17, 15) is 4.79 Å². The molecule has 0 aliphatic carbocycles. The largest absolute Gasteiger partial charge is 0.319 e. The molecule has 0 fully saturated rings. The summed E-state index contributed by atoms with van der Waals surface area (Å²) >= 11 is 6.25. The third-order valence-electron chi connectivity index (χ3n) is 5.24. The predicted molar refractivity (Wildman–Crippen MR) is 126 cm³/mol. The molecule has 1 amide bonds. The van der Waals surface area contributed by atoms with E-state index in [4.69, 9.17) is 11.6 Å². The smallest absolute Gasteiger partial charge is 0.271 e. The van der Waals surface area contributed by atoms with E-state index in [0.717, 1.165) is 34.0 Å². The Morgan fingerprint density at radius 3 is 2.29 bits per heavy atom. The van der Waals surface area contributed by atoms with Crippen molar-refractivity contribution >= 4 is 23.7 Å². The van der Waals surface area contributed by atoms with E-state index in [0.29, 0.717) is 10.6 Å². The Hall–Kier alpha value is -3.57. The van der Waals surface area contributed by atoms with E-state index in [1.165, 1.54) is 0 Å². The zero-order valence-electron chi connectivity index (χ0n) is 17.6. The second-order valence-corrected chi connectivity index (χ2v) is 7.84. The Morgan fingerprint density at radius 1 is 0.935 bits per heavy atom. The molecule has 6 heteroatoms. The van der Waals surface area contributed by atoms with Gasteiger partial charge in [0.15, 0.2) is 0 Å². The number of hydrazone groups is 1. The molecule has 0 bridgehead atoms. The van der Waals surface area contributed by atoms with Gasteiger partial charge in [-0.2, -0.15) is 5.10 Å². The van der Waals surface area contributed by atoms with E-state index in [-0.39, 0.29) is 5.91 Å². The molecule has 1 N–H and O–H groups in total. The third kappa shape index (κ3) is 4.32. The first-order valence-electron chi connectivity index (χ1n) is 9.97. The van der Waals surface area contributed by atoms with Crippen LogP contribution in [-0.4, -0.2) is 21.3 Å². The van der Waals surface area contributed by atoms with Crippen molar-refractivity contribution in [3.05, 3.63) is 106 Å². The van der Waals surface area contributed by atoms with Gasteiger partial charge in [-0.1, -0.05) is 17.7 Å². The molecular formula is C25H23ClN4O. The minimum absolute atomic E-state index is 0.264. The van der Waals surface area contributed by atoms with E-state index >= 15 is 0 Å². The van der Waals surface area contributed by atoms with Crippen LogP contribution < -0.4 is 5.43 Å². The first-order valence-corrected chi connectivity index (χ1v) is 10.3. The highest BCUT2D eigenvalue weighted by Gasteiger charge is 2.08. The summed E-state index contributed by atoms with van der Waals surface area (Å²) in [5, 5.41) is 4.84. The second kappa shape index (κ2) is 8.66. The molecule has 0 aliphatic rings. The first kappa shape index (κ1) is 20.7. The summed E-state index contributed by atoms with van der Waals surface area (Å²) in [5.74, 6) is -0.264. The maximum atomic E-state index is 12.5. The molecular weight excluding hydrogens is 408 g/mol. The minimum atomic E-state index is -0.264. The van der Waals surface area contributed by atoms with Crippen molar-refractivity contribution in [3.8, 4) is 11.4 Å². The average molecular weight is 431 g/mol. The number of amides is 1. The van der Waals surface area contributed by atoms with Crippen LogP contribution in [0.3, 0.4) is 0 Å². The van der Waals surface area contributed by atoms with Gasteiger partial charge in [-0.05, 0) is 87.0 Å². The number of carbonyl (C=O) groups is 1. The van der Waals surface area contributed by atoms with Crippen LogP contribution in [0.2, 0.25) is 5.02 Å². The molecule has 2 heterocycles. The van der Waals surface area contributed by atoms with Crippen LogP contribution in [-0.2, 0) is 0 Å². The molecule has 0 atom stereocenters. The van der Waals surface area contributed by atoms with Crippen molar-refractivity contribution < 1.29 is 4.79 Å². The molecule has 0 unspecified atom stereocenters. The Morgan fingerprint density at radius 2 is 1.61 bits per heavy atom. The quantitative estimate of drug-likeness (QED) is 0.324. The minimum Gasteiger partial charge on any atom is -0.319 e. The van der Waals surface area contributed by atoms with Gasteiger partial charge in [0.25, 0.3) is 5.91 Å². The summed E-state index contributed by atoms with van der Waals surface area (Å²) in [6.45, 7) is 6.08. The van der Waals surface area contributed by atoms with Gasteiger partial charge in [0.05, 0.1) is 11.9 Å². The summed E-state index contributed by atoms with van der Waals surface area (Å²) in [7, 11) is 0. The molecule has 0 spiro atoms. The van der Waals surface area contributed by atoms with Crippen LogP contribution in [0, 0.1) is 20.8 Å². The number of benzene rings is 2. The van der Waals surface area contributed by atoms with Crippen molar-refractivity contribution in [1.82, 2.24) is 14.6 Å². The highest BCUT2D eigenvalue weighted by molar-refractivity contribution is 6.31. The molecule has 2 aromatic carbocycles. The molecule has 4 aromatic rings. The van der Waals surface area contributed by atoms with Gasteiger partial charge < -0.3 is 9.13 Å². The summed E-state index contributed by atoms with van der Waals surface area (Å²) in [5.41, 5.74) is 9.25. The molecule has 5 nitrogen and oxygen atoms in total. The Bertz CT molecular complexity index is 1250. The average Bonchev–Trinajstić information content (AvgIpc) is 3.36. The van der Waals surface area contributed by atoms with E-state index < -0.39 is 0 Å². The maximum Gasteiger partial charge on any atom is 0.271 e. The van der Waals surface area contributed by atoms with Gasteiger partial charge in [-0.15, -0.1) is 0 Å². The number of nitrogens with one attached hydrogen (secondary N) is 1. The van der Waals surface area contributed by atoms with Crippen LogP contribution in [0.25, 0.3) is 11.4 Å². The molecule has 0 saturated carbocycles. The standard InChI is InChI=1S/C25H23ClN4O/c1-17-6-11-22(15-24(17)26)29-14-4-5-23(29)16-27-28-25(31)20-9-12-21(13-10-20)30-18(2)7-8-19(30)3/h4-16H,1-3H3,(H,28,31)/b27-16-. The summed E-state index contributed by atoms with van der Waals surface area (Å²) in [4.78, 5) is 12.5. The van der Waals surface area contributed by atoms with Crippen LogP contribution in [0.4, 0.5) is 0 Å². The number of carbonyl (C=O) groups excluding carboxylic acids is 1. The lowest BCUT2D eigenvalue weighted by molar-refractivity contribution is 0.0955. The van der Waals surface area contributed by atoms with Crippen molar-refractivity contribution in [2.75, 3.05) is 0 Å². The highest BCUT2D eigenvalue weighted by Crippen LogP contribution is 2.21. The first-order chi connectivity index (χ1) is 14.9. The number of hydrogen-bond acceptors (Lipinski definition) is 2. The fraction of sp³-hybridized carbons (Fsp3) is 0.120. The molecule has 156 valence electrons. The van der Waals surface area contributed by atoms with Crippen molar-refractivity contribution in [2.24, 2.45) is 5.10 Å². The number of aromatic nitrogens is 2.